The Morgan fingerprint density at radius 2 is 1.86 bits per heavy atom. The Labute approximate surface area is 210 Å². The van der Waals surface area contributed by atoms with Gasteiger partial charge in [-0.3, -0.25) is 9.59 Å². The van der Waals surface area contributed by atoms with E-state index in [2.05, 4.69) is 0 Å². The lowest BCUT2D eigenvalue weighted by Crippen LogP contribution is -2.44. The summed E-state index contributed by atoms with van der Waals surface area (Å²) in [5, 5.41) is 12.3. The number of carbonyl (C=O) groups is 2. The summed E-state index contributed by atoms with van der Waals surface area (Å²) in [7, 11) is 1.94. The van der Waals surface area contributed by atoms with Crippen LogP contribution in [0.25, 0.3) is 10.8 Å². The lowest BCUT2D eigenvalue weighted by atomic mass is 10.1. The number of thioether (sulfide) groups is 1. The molecule has 1 aliphatic heterocycles. The van der Waals surface area contributed by atoms with Crippen LogP contribution < -0.4 is 0 Å². The summed E-state index contributed by atoms with van der Waals surface area (Å²) in [6.07, 6.45) is 1.84. The van der Waals surface area contributed by atoms with Crippen molar-refractivity contribution in [2.75, 3.05) is 26.7 Å². The van der Waals surface area contributed by atoms with E-state index < -0.39 is 11.4 Å². The smallest absolute Gasteiger partial charge is 0.240 e. The Morgan fingerprint density at radius 1 is 1.17 bits per heavy atom. The quantitative estimate of drug-likeness (QED) is 0.298. The van der Waals surface area contributed by atoms with Crippen LogP contribution in [0, 0.1) is 0 Å². The summed E-state index contributed by atoms with van der Waals surface area (Å²) in [5.74, 6) is -0.0359. The van der Waals surface area contributed by atoms with Crippen molar-refractivity contribution in [1.29, 1.82) is 0 Å². The first kappa shape index (κ1) is 24.9. The zero-order valence-corrected chi connectivity index (χ0v) is 20.9. The molecule has 7 heteroatoms. The Bertz CT molecular complexity index is 1210. The first-order valence-electron chi connectivity index (χ1n) is 12.0. The molecule has 3 aromatic carbocycles. The molecule has 1 saturated heterocycles. The molecule has 1 aliphatic rings. The third-order valence-corrected chi connectivity index (χ3v) is 7.62. The van der Waals surface area contributed by atoms with Gasteiger partial charge in [-0.2, -0.15) is 0 Å². The highest BCUT2D eigenvalue weighted by molar-refractivity contribution is 8.14. The molecule has 1 N–H and O–H groups in total. The Morgan fingerprint density at radius 3 is 2.51 bits per heavy atom. The first-order chi connectivity index (χ1) is 17.0. The van der Waals surface area contributed by atoms with Crippen molar-refractivity contribution in [2.24, 2.45) is 4.99 Å². The number of hydrogen-bond donors (Lipinski definition) is 1. The number of amides is 1. The van der Waals surface area contributed by atoms with E-state index in [9.17, 15) is 14.7 Å². The second-order valence-electron chi connectivity index (χ2n) is 8.77. The van der Waals surface area contributed by atoms with Gasteiger partial charge in [0, 0.05) is 32.2 Å². The lowest BCUT2D eigenvalue weighted by molar-refractivity contribution is -0.133. The fourth-order valence-corrected chi connectivity index (χ4v) is 5.41. The summed E-state index contributed by atoms with van der Waals surface area (Å²) < 4.78 is 0. The number of aldehydes is 1. The lowest BCUT2D eigenvalue weighted by Gasteiger charge is -2.33. The molecule has 1 heterocycles. The number of aliphatic hydroxyl groups is 1. The number of nitrogens with zero attached hydrogens (tertiary/aromatic N) is 3. The van der Waals surface area contributed by atoms with E-state index in [0.29, 0.717) is 42.5 Å². The second kappa shape index (κ2) is 11.5. The minimum absolute atomic E-state index is 0.0359. The zero-order valence-electron chi connectivity index (χ0n) is 20.1. The molecule has 35 heavy (non-hydrogen) atoms. The molecular formula is C28H31N3O3S. The predicted molar refractivity (Wildman–Crippen MR) is 143 cm³/mol. The number of likely N-dealkylation sites (tertiary alicyclic amines) is 1. The van der Waals surface area contributed by atoms with E-state index in [0.717, 1.165) is 29.0 Å². The molecule has 0 aromatic heterocycles. The van der Waals surface area contributed by atoms with E-state index >= 15 is 0 Å². The van der Waals surface area contributed by atoms with Crippen molar-refractivity contribution < 1.29 is 14.7 Å². The fourth-order valence-electron chi connectivity index (χ4n) is 4.19. The van der Waals surface area contributed by atoms with Crippen LogP contribution >= 0.6 is 11.8 Å². The molecule has 0 spiro atoms. The number of carbonyl (C=O) groups excluding carboxylic acids is 2. The van der Waals surface area contributed by atoms with Crippen LogP contribution in [-0.4, -0.2) is 65.1 Å². The van der Waals surface area contributed by atoms with Gasteiger partial charge in [0.25, 0.3) is 0 Å². The first-order valence-corrected chi connectivity index (χ1v) is 12.8. The molecule has 1 amide bonds. The van der Waals surface area contributed by atoms with Gasteiger partial charge in [-0.05, 0) is 48.2 Å². The SMILES string of the molecule is CCN(C)C(=Nc1cc2ccccc2cc1C=O)SC(C(=O)N1CCCC(O)C1)c1ccccc1. The van der Waals surface area contributed by atoms with E-state index in [1.807, 2.05) is 85.6 Å². The summed E-state index contributed by atoms with van der Waals surface area (Å²) in [6.45, 7) is 3.69. The molecular weight excluding hydrogens is 458 g/mol. The van der Waals surface area contributed by atoms with Gasteiger partial charge in [-0.25, -0.2) is 4.99 Å². The van der Waals surface area contributed by atoms with Crippen LogP contribution in [0.4, 0.5) is 5.69 Å². The molecule has 0 saturated carbocycles. The van der Waals surface area contributed by atoms with Crippen molar-refractivity contribution in [1.82, 2.24) is 9.80 Å². The molecule has 0 bridgehead atoms. The maximum absolute atomic E-state index is 13.7. The number of amidine groups is 1. The molecule has 182 valence electrons. The third kappa shape index (κ3) is 5.92. The van der Waals surface area contributed by atoms with Gasteiger partial charge >= 0.3 is 0 Å². The number of rotatable bonds is 6. The summed E-state index contributed by atoms with van der Waals surface area (Å²) >= 11 is 1.39. The Kier molecular flexibility index (Phi) is 8.21. The number of hydrogen-bond acceptors (Lipinski definition) is 5. The fraction of sp³-hybridized carbons (Fsp3) is 0.321. The summed E-state index contributed by atoms with van der Waals surface area (Å²) in [6, 6.07) is 21.3. The zero-order chi connectivity index (χ0) is 24.8. The molecule has 3 aromatic rings. The number of piperidine rings is 1. The van der Waals surface area contributed by atoms with Crippen molar-refractivity contribution in [3.63, 3.8) is 0 Å². The van der Waals surface area contributed by atoms with Crippen molar-refractivity contribution in [2.45, 2.75) is 31.1 Å². The van der Waals surface area contributed by atoms with Crippen LogP contribution in [0.3, 0.4) is 0 Å². The average Bonchev–Trinajstić information content (AvgIpc) is 2.90. The van der Waals surface area contributed by atoms with Crippen LogP contribution in [0.5, 0.6) is 0 Å². The molecule has 0 aliphatic carbocycles. The van der Waals surface area contributed by atoms with E-state index in [4.69, 9.17) is 4.99 Å². The molecule has 2 unspecified atom stereocenters. The monoisotopic (exact) mass is 489 g/mol. The average molecular weight is 490 g/mol. The van der Waals surface area contributed by atoms with E-state index in [-0.39, 0.29) is 5.91 Å². The van der Waals surface area contributed by atoms with Crippen LogP contribution in [-0.2, 0) is 4.79 Å². The molecule has 1 fully saturated rings. The normalized spacial score (nSPS) is 17.3. The molecule has 0 radical (unpaired) electrons. The Balaban J connectivity index is 1.74. The minimum Gasteiger partial charge on any atom is -0.391 e. The standard InChI is InChI=1S/C28H31N3O3S/c1-3-30(2)28(29-25-17-22-13-8-7-12-21(22)16-23(25)19-32)35-26(20-10-5-4-6-11-20)27(34)31-15-9-14-24(33)18-31/h4-8,10-13,16-17,19,24,26,33H,3,9,14-15,18H2,1-2H3. The minimum atomic E-state index is -0.519. The maximum Gasteiger partial charge on any atom is 0.240 e. The van der Waals surface area contributed by atoms with Crippen molar-refractivity contribution >= 4 is 45.6 Å². The number of aliphatic hydroxyl groups excluding tert-OH is 1. The summed E-state index contributed by atoms with van der Waals surface area (Å²) in [4.78, 5) is 34.3. The number of β-amino-alcohol motifs (C(OH)–C–C–N with tert-alkyl or cyclic N) is 1. The highest BCUT2D eigenvalue weighted by Gasteiger charge is 2.31. The van der Waals surface area contributed by atoms with Gasteiger partial charge in [-0.1, -0.05) is 66.4 Å². The molecule has 6 nitrogen and oxygen atoms in total. The maximum atomic E-state index is 13.7. The topological polar surface area (TPSA) is 73.2 Å². The highest BCUT2D eigenvalue weighted by atomic mass is 32.2. The van der Waals surface area contributed by atoms with Crippen molar-refractivity contribution in [3.05, 3.63) is 77.9 Å². The van der Waals surface area contributed by atoms with Gasteiger partial charge in [0.05, 0.1) is 11.8 Å². The molecule has 4 rings (SSSR count). The van der Waals surface area contributed by atoms with Gasteiger partial charge in [0.2, 0.25) is 5.91 Å². The molecule has 2 atom stereocenters. The van der Waals surface area contributed by atoms with Gasteiger partial charge < -0.3 is 14.9 Å². The number of aliphatic imine (C=N–C) groups is 1. The third-order valence-electron chi connectivity index (χ3n) is 6.30. The highest BCUT2D eigenvalue weighted by Crippen LogP contribution is 2.35. The van der Waals surface area contributed by atoms with Gasteiger partial charge in [0.1, 0.15) is 5.25 Å². The Hall–Kier alpha value is -3.16. The van der Waals surface area contributed by atoms with E-state index in [1.54, 1.807) is 4.90 Å². The van der Waals surface area contributed by atoms with E-state index in [1.165, 1.54) is 11.8 Å². The van der Waals surface area contributed by atoms with Crippen LogP contribution in [0.1, 0.15) is 40.9 Å². The number of fused-ring (bicyclic) bond motifs is 1. The second-order valence-corrected chi connectivity index (χ2v) is 9.85. The van der Waals surface area contributed by atoms with Crippen LogP contribution in [0.15, 0.2) is 71.7 Å². The van der Waals surface area contributed by atoms with Gasteiger partial charge in [-0.15, -0.1) is 0 Å². The van der Waals surface area contributed by atoms with Crippen LogP contribution in [0.2, 0.25) is 0 Å². The summed E-state index contributed by atoms with van der Waals surface area (Å²) in [5.41, 5.74) is 1.97. The largest absolute Gasteiger partial charge is 0.391 e. The number of benzene rings is 3. The van der Waals surface area contributed by atoms with Gasteiger partial charge in [0.15, 0.2) is 11.5 Å². The van der Waals surface area contributed by atoms with Crippen molar-refractivity contribution in [3.8, 4) is 0 Å². The predicted octanol–water partition coefficient (Wildman–Crippen LogP) is 5.05.